The van der Waals surface area contributed by atoms with Crippen molar-refractivity contribution in [1.29, 1.82) is 0 Å². The van der Waals surface area contributed by atoms with Crippen LogP contribution in [0, 0.1) is 13.8 Å². The van der Waals surface area contributed by atoms with Crippen LogP contribution in [0.25, 0.3) is 22.2 Å². The average Bonchev–Trinajstić information content (AvgIpc) is 2.85. The molecule has 19 heavy (non-hydrogen) atoms. The van der Waals surface area contributed by atoms with Gasteiger partial charge < -0.3 is 10.7 Å². The van der Waals surface area contributed by atoms with E-state index in [1.807, 2.05) is 13.1 Å². The molecule has 0 spiro atoms. The minimum absolute atomic E-state index is 0.411. The van der Waals surface area contributed by atoms with Crippen LogP contribution in [0.1, 0.15) is 17.0 Å². The molecule has 0 saturated heterocycles. The van der Waals surface area contributed by atoms with E-state index in [9.17, 15) is 0 Å². The molecule has 3 aromatic rings. The van der Waals surface area contributed by atoms with Gasteiger partial charge in [-0.3, -0.25) is 4.98 Å². The van der Waals surface area contributed by atoms with Gasteiger partial charge in [0.2, 0.25) is 0 Å². The van der Waals surface area contributed by atoms with E-state index in [2.05, 4.69) is 40.1 Å². The molecule has 0 saturated carbocycles. The van der Waals surface area contributed by atoms with Crippen LogP contribution in [-0.4, -0.2) is 15.0 Å². The number of nitrogens with two attached hydrogens (primary N) is 1. The molecule has 3 N–H and O–H groups in total. The maximum atomic E-state index is 5.70. The first-order chi connectivity index (χ1) is 9.20. The molecule has 0 aliphatic carbocycles. The van der Waals surface area contributed by atoms with Crippen molar-refractivity contribution in [1.82, 2.24) is 15.0 Å². The van der Waals surface area contributed by atoms with Crippen LogP contribution in [-0.2, 0) is 6.54 Å². The van der Waals surface area contributed by atoms with E-state index >= 15 is 0 Å². The van der Waals surface area contributed by atoms with E-state index in [0.29, 0.717) is 6.54 Å². The lowest BCUT2D eigenvalue weighted by atomic mass is 10.1. The molecule has 3 rings (SSSR count). The Kier molecular flexibility index (Phi) is 2.80. The monoisotopic (exact) mass is 252 g/mol. The van der Waals surface area contributed by atoms with Gasteiger partial charge in [-0.1, -0.05) is 18.2 Å². The van der Waals surface area contributed by atoms with Gasteiger partial charge in [0, 0.05) is 29.2 Å². The summed E-state index contributed by atoms with van der Waals surface area (Å²) in [6.45, 7) is 4.43. The normalized spacial score (nSPS) is 11.1. The van der Waals surface area contributed by atoms with Gasteiger partial charge in [-0.2, -0.15) is 0 Å². The third-order valence-electron chi connectivity index (χ3n) is 3.45. The average molecular weight is 252 g/mol. The summed E-state index contributed by atoms with van der Waals surface area (Å²) in [4.78, 5) is 12.3. The predicted molar refractivity (Wildman–Crippen MR) is 76.7 cm³/mol. The highest BCUT2D eigenvalue weighted by atomic mass is 14.8. The Hall–Kier alpha value is -2.20. The summed E-state index contributed by atoms with van der Waals surface area (Å²) in [6, 6.07) is 6.24. The molecule has 0 radical (unpaired) electrons. The fourth-order valence-electron chi connectivity index (χ4n) is 2.33. The lowest BCUT2D eigenvalue weighted by molar-refractivity contribution is 0.933. The standard InChI is InChI=1S/C15H16N4/c1-9-4-3-5-11-12(7-18-15(9)11)14-8-17-10(2)13(6-16)19-14/h3-5,7-8,18H,6,16H2,1-2H3. The number of H-pyrrole nitrogens is 1. The Morgan fingerprint density at radius 3 is 2.89 bits per heavy atom. The molecule has 4 heteroatoms. The molecule has 96 valence electrons. The molecular formula is C15H16N4. The molecule has 0 amide bonds. The van der Waals surface area contributed by atoms with Crippen molar-refractivity contribution in [3.63, 3.8) is 0 Å². The summed E-state index contributed by atoms with van der Waals surface area (Å²) >= 11 is 0. The number of aryl methyl sites for hydroxylation is 2. The molecular weight excluding hydrogens is 236 g/mol. The topological polar surface area (TPSA) is 67.6 Å². The number of hydrogen-bond acceptors (Lipinski definition) is 3. The Morgan fingerprint density at radius 2 is 2.11 bits per heavy atom. The second-order valence-corrected chi connectivity index (χ2v) is 4.69. The molecule has 0 fully saturated rings. The predicted octanol–water partition coefficient (Wildman–Crippen LogP) is 2.70. The van der Waals surface area contributed by atoms with Crippen molar-refractivity contribution >= 4 is 10.9 Å². The molecule has 0 atom stereocenters. The van der Waals surface area contributed by atoms with Crippen LogP contribution < -0.4 is 5.73 Å². The maximum Gasteiger partial charge on any atom is 0.0910 e. The highest BCUT2D eigenvalue weighted by molar-refractivity contribution is 5.96. The molecule has 0 aliphatic heterocycles. The fourth-order valence-corrected chi connectivity index (χ4v) is 2.33. The van der Waals surface area contributed by atoms with E-state index < -0.39 is 0 Å². The Balaban J connectivity index is 2.22. The maximum absolute atomic E-state index is 5.70. The van der Waals surface area contributed by atoms with Crippen LogP contribution >= 0.6 is 0 Å². The summed E-state index contributed by atoms with van der Waals surface area (Å²) in [7, 11) is 0. The summed E-state index contributed by atoms with van der Waals surface area (Å²) < 4.78 is 0. The van der Waals surface area contributed by atoms with Gasteiger partial charge in [0.05, 0.1) is 23.3 Å². The van der Waals surface area contributed by atoms with Gasteiger partial charge in [0.1, 0.15) is 0 Å². The van der Waals surface area contributed by atoms with Crippen molar-refractivity contribution in [2.45, 2.75) is 20.4 Å². The van der Waals surface area contributed by atoms with E-state index in [4.69, 9.17) is 5.73 Å². The smallest absolute Gasteiger partial charge is 0.0910 e. The lowest BCUT2D eigenvalue weighted by Gasteiger charge is -2.04. The summed E-state index contributed by atoms with van der Waals surface area (Å²) in [5, 5.41) is 1.17. The molecule has 4 nitrogen and oxygen atoms in total. The van der Waals surface area contributed by atoms with Gasteiger partial charge in [-0.15, -0.1) is 0 Å². The largest absolute Gasteiger partial charge is 0.360 e. The number of nitrogens with one attached hydrogen (secondary N) is 1. The molecule has 0 aliphatic rings. The van der Waals surface area contributed by atoms with Crippen molar-refractivity contribution in [3.8, 4) is 11.3 Å². The zero-order valence-corrected chi connectivity index (χ0v) is 11.1. The van der Waals surface area contributed by atoms with E-state index in [1.165, 1.54) is 10.9 Å². The second kappa shape index (κ2) is 4.48. The number of benzene rings is 1. The minimum Gasteiger partial charge on any atom is -0.360 e. The number of aromatic amines is 1. The number of aromatic nitrogens is 3. The fraction of sp³-hybridized carbons (Fsp3) is 0.200. The van der Waals surface area contributed by atoms with Crippen molar-refractivity contribution in [2.75, 3.05) is 0 Å². The van der Waals surface area contributed by atoms with Gasteiger partial charge in [0.15, 0.2) is 0 Å². The van der Waals surface area contributed by atoms with Gasteiger partial charge in [-0.25, -0.2) is 4.98 Å². The molecule has 0 bridgehead atoms. The highest BCUT2D eigenvalue weighted by Gasteiger charge is 2.10. The van der Waals surface area contributed by atoms with Crippen molar-refractivity contribution < 1.29 is 0 Å². The van der Waals surface area contributed by atoms with Gasteiger partial charge >= 0.3 is 0 Å². The third-order valence-corrected chi connectivity index (χ3v) is 3.45. The van der Waals surface area contributed by atoms with Crippen molar-refractivity contribution in [3.05, 3.63) is 47.5 Å². The molecule has 1 aromatic carbocycles. The third kappa shape index (κ3) is 1.90. The van der Waals surface area contributed by atoms with Crippen molar-refractivity contribution in [2.24, 2.45) is 5.73 Å². The van der Waals surface area contributed by atoms with E-state index in [0.717, 1.165) is 28.2 Å². The van der Waals surface area contributed by atoms with Crippen LogP contribution in [0.5, 0.6) is 0 Å². The van der Waals surface area contributed by atoms with Crippen LogP contribution in [0.2, 0.25) is 0 Å². The minimum atomic E-state index is 0.411. The quantitative estimate of drug-likeness (QED) is 0.736. The molecule has 2 heterocycles. The highest BCUT2D eigenvalue weighted by Crippen LogP contribution is 2.28. The number of rotatable bonds is 2. The van der Waals surface area contributed by atoms with Gasteiger partial charge in [0.25, 0.3) is 0 Å². The number of nitrogens with zero attached hydrogens (tertiary/aromatic N) is 2. The number of hydrogen-bond donors (Lipinski definition) is 2. The Labute approximate surface area is 111 Å². The molecule has 0 unspecified atom stereocenters. The summed E-state index contributed by atoms with van der Waals surface area (Å²) in [5.74, 6) is 0. The Bertz CT molecular complexity index is 743. The van der Waals surface area contributed by atoms with E-state index in [-0.39, 0.29) is 0 Å². The van der Waals surface area contributed by atoms with Crippen LogP contribution in [0.4, 0.5) is 0 Å². The summed E-state index contributed by atoms with van der Waals surface area (Å²) in [5.41, 5.74) is 11.7. The first kappa shape index (κ1) is 11.9. The first-order valence-electron chi connectivity index (χ1n) is 6.30. The van der Waals surface area contributed by atoms with Crippen LogP contribution in [0.3, 0.4) is 0 Å². The zero-order valence-electron chi connectivity index (χ0n) is 11.1. The lowest BCUT2D eigenvalue weighted by Crippen LogP contribution is -2.04. The van der Waals surface area contributed by atoms with E-state index in [1.54, 1.807) is 6.20 Å². The van der Waals surface area contributed by atoms with Crippen LogP contribution in [0.15, 0.2) is 30.6 Å². The molecule has 2 aromatic heterocycles. The second-order valence-electron chi connectivity index (χ2n) is 4.69. The number of fused-ring (bicyclic) bond motifs is 1. The Morgan fingerprint density at radius 1 is 1.26 bits per heavy atom. The SMILES string of the molecule is Cc1ncc(-c2c[nH]c3c(C)cccc23)nc1CN. The zero-order chi connectivity index (χ0) is 13.4. The first-order valence-corrected chi connectivity index (χ1v) is 6.30. The number of para-hydroxylation sites is 1. The summed E-state index contributed by atoms with van der Waals surface area (Å²) in [6.07, 6.45) is 3.79. The van der Waals surface area contributed by atoms with Gasteiger partial charge in [-0.05, 0) is 19.4 Å².